The van der Waals surface area contributed by atoms with Crippen molar-refractivity contribution in [3.05, 3.63) is 52.8 Å². The Hall–Kier alpha value is -3.16. The molecule has 0 fully saturated rings. The molecule has 1 atom stereocenters. The number of aromatic nitrogens is 2. The molecular weight excluding hydrogens is 348 g/mol. The summed E-state index contributed by atoms with van der Waals surface area (Å²) in [6.45, 7) is 5.00. The molecular formula is C19H22N4O4. The highest BCUT2D eigenvalue weighted by molar-refractivity contribution is 5.99. The lowest BCUT2D eigenvalue weighted by atomic mass is 10.1. The Bertz CT molecular complexity index is 872. The van der Waals surface area contributed by atoms with Gasteiger partial charge in [-0.25, -0.2) is 0 Å². The molecule has 8 heteroatoms. The SMILES string of the molecule is Cc1ccc(CN2CCCn3nc(C(=O)NC(C)C(=O)O)cc3C2=O)cc1. The van der Waals surface area contributed by atoms with Gasteiger partial charge in [-0.1, -0.05) is 29.8 Å². The lowest BCUT2D eigenvalue weighted by molar-refractivity contribution is -0.138. The van der Waals surface area contributed by atoms with Gasteiger partial charge in [0, 0.05) is 25.7 Å². The minimum absolute atomic E-state index is 0.0450. The van der Waals surface area contributed by atoms with Crippen LogP contribution in [0.5, 0.6) is 0 Å². The summed E-state index contributed by atoms with van der Waals surface area (Å²) < 4.78 is 1.53. The molecule has 2 N–H and O–H groups in total. The van der Waals surface area contributed by atoms with Crippen LogP contribution in [0.25, 0.3) is 0 Å². The molecule has 142 valence electrons. The van der Waals surface area contributed by atoms with Crippen LogP contribution in [0.2, 0.25) is 0 Å². The molecule has 0 bridgehead atoms. The zero-order valence-corrected chi connectivity index (χ0v) is 15.3. The van der Waals surface area contributed by atoms with Crippen molar-refractivity contribution < 1.29 is 19.5 Å². The second-order valence-electron chi connectivity index (χ2n) is 6.74. The van der Waals surface area contributed by atoms with Crippen molar-refractivity contribution >= 4 is 17.8 Å². The first-order chi connectivity index (χ1) is 12.8. The number of hydrogen-bond acceptors (Lipinski definition) is 4. The van der Waals surface area contributed by atoms with Crippen LogP contribution >= 0.6 is 0 Å². The van der Waals surface area contributed by atoms with E-state index in [1.807, 2.05) is 31.2 Å². The summed E-state index contributed by atoms with van der Waals surface area (Å²) in [7, 11) is 0. The second kappa shape index (κ2) is 7.61. The van der Waals surface area contributed by atoms with Crippen LogP contribution in [0.1, 0.15) is 45.4 Å². The minimum atomic E-state index is -1.13. The molecule has 2 aromatic rings. The highest BCUT2D eigenvalue weighted by Gasteiger charge is 2.27. The van der Waals surface area contributed by atoms with Gasteiger partial charge in [-0.2, -0.15) is 5.10 Å². The number of nitrogens with one attached hydrogen (secondary N) is 1. The summed E-state index contributed by atoms with van der Waals surface area (Å²) in [6.07, 6.45) is 0.721. The standard InChI is InChI=1S/C19H22N4O4/c1-12-4-6-14(7-5-12)11-22-8-3-9-23-16(18(22)25)10-15(21-23)17(24)20-13(2)19(26)27/h4-7,10,13H,3,8-9,11H2,1-2H3,(H,20,24)(H,26,27). The molecule has 1 aromatic carbocycles. The molecule has 0 saturated heterocycles. The van der Waals surface area contributed by atoms with Crippen LogP contribution in [0, 0.1) is 6.92 Å². The molecule has 1 aliphatic heterocycles. The normalized spacial score (nSPS) is 15.0. The fraction of sp³-hybridized carbons (Fsp3) is 0.368. The van der Waals surface area contributed by atoms with Gasteiger partial charge in [-0.05, 0) is 25.8 Å². The van der Waals surface area contributed by atoms with Crippen LogP contribution in [0.15, 0.2) is 30.3 Å². The van der Waals surface area contributed by atoms with E-state index in [1.165, 1.54) is 17.7 Å². The van der Waals surface area contributed by atoms with Crippen LogP contribution in [-0.4, -0.2) is 50.2 Å². The number of hydrogen-bond donors (Lipinski definition) is 2. The average Bonchev–Trinajstić information content (AvgIpc) is 3.00. The molecule has 0 aliphatic carbocycles. The molecule has 1 aliphatic rings. The Morgan fingerprint density at radius 2 is 1.96 bits per heavy atom. The number of carboxylic acid groups (broad SMARTS) is 1. The number of aliphatic carboxylic acids is 1. The molecule has 2 amide bonds. The highest BCUT2D eigenvalue weighted by atomic mass is 16.4. The summed E-state index contributed by atoms with van der Waals surface area (Å²) in [6, 6.07) is 8.41. The number of carbonyl (C=O) groups is 3. The number of amides is 2. The smallest absolute Gasteiger partial charge is 0.325 e. The zero-order valence-electron chi connectivity index (χ0n) is 15.3. The Kier molecular flexibility index (Phi) is 5.25. The van der Waals surface area contributed by atoms with E-state index in [9.17, 15) is 14.4 Å². The lowest BCUT2D eigenvalue weighted by Crippen LogP contribution is -2.38. The van der Waals surface area contributed by atoms with E-state index in [0.29, 0.717) is 25.3 Å². The molecule has 1 aromatic heterocycles. The van der Waals surface area contributed by atoms with Gasteiger partial charge in [0.2, 0.25) is 0 Å². The summed E-state index contributed by atoms with van der Waals surface area (Å²) in [5.41, 5.74) is 2.58. The maximum Gasteiger partial charge on any atom is 0.325 e. The van der Waals surface area contributed by atoms with E-state index in [0.717, 1.165) is 17.5 Å². The monoisotopic (exact) mass is 370 g/mol. The first kappa shape index (κ1) is 18.6. The number of nitrogens with zero attached hydrogens (tertiary/aromatic N) is 3. The van der Waals surface area contributed by atoms with Gasteiger partial charge < -0.3 is 15.3 Å². The van der Waals surface area contributed by atoms with E-state index in [1.54, 1.807) is 4.90 Å². The van der Waals surface area contributed by atoms with Gasteiger partial charge in [-0.15, -0.1) is 0 Å². The third kappa shape index (κ3) is 4.16. The second-order valence-corrected chi connectivity index (χ2v) is 6.74. The topological polar surface area (TPSA) is 105 Å². The molecule has 3 rings (SSSR count). The minimum Gasteiger partial charge on any atom is -0.480 e. The van der Waals surface area contributed by atoms with Gasteiger partial charge in [0.1, 0.15) is 11.7 Å². The maximum absolute atomic E-state index is 12.9. The summed E-state index contributed by atoms with van der Waals surface area (Å²) in [5, 5.41) is 15.5. The van der Waals surface area contributed by atoms with E-state index in [-0.39, 0.29) is 11.6 Å². The van der Waals surface area contributed by atoms with Crippen molar-refractivity contribution in [2.24, 2.45) is 0 Å². The van der Waals surface area contributed by atoms with E-state index in [2.05, 4.69) is 10.4 Å². The predicted octanol–water partition coefficient (Wildman–Crippen LogP) is 1.44. The zero-order chi connectivity index (χ0) is 19.6. The Morgan fingerprint density at radius 3 is 2.63 bits per heavy atom. The number of carbonyl (C=O) groups excluding carboxylic acids is 2. The molecule has 8 nitrogen and oxygen atoms in total. The van der Waals surface area contributed by atoms with Crippen molar-refractivity contribution in [1.82, 2.24) is 20.0 Å². The van der Waals surface area contributed by atoms with Gasteiger partial charge in [0.15, 0.2) is 5.69 Å². The Morgan fingerprint density at radius 1 is 1.26 bits per heavy atom. The Balaban J connectivity index is 1.78. The third-order valence-corrected chi connectivity index (χ3v) is 4.53. The van der Waals surface area contributed by atoms with E-state index >= 15 is 0 Å². The molecule has 27 heavy (non-hydrogen) atoms. The largest absolute Gasteiger partial charge is 0.480 e. The van der Waals surface area contributed by atoms with Crippen molar-refractivity contribution in [1.29, 1.82) is 0 Å². The summed E-state index contributed by atoms with van der Waals surface area (Å²) in [5.74, 6) is -1.93. The number of aryl methyl sites for hydroxylation is 2. The lowest BCUT2D eigenvalue weighted by Gasteiger charge is -2.20. The fourth-order valence-electron chi connectivity index (χ4n) is 2.94. The van der Waals surface area contributed by atoms with Crippen molar-refractivity contribution in [2.75, 3.05) is 6.54 Å². The highest BCUT2D eigenvalue weighted by Crippen LogP contribution is 2.17. The maximum atomic E-state index is 12.9. The van der Waals surface area contributed by atoms with Gasteiger partial charge >= 0.3 is 5.97 Å². The van der Waals surface area contributed by atoms with Crippen molar-refractivity contribution in [2.45, 2.75) is 39.4 Å². The van der Waals surface area contributed by atoms with Crippen LogP contribution < -0.4 is 5.32 Å². The summed E-state index contributed by atoms with van der Waals surface area (Å²) in [4.78, 5) is 37.8. The number of fused-ring (bicyclic) bond motifs is 1. The Labute approximate surface area is 156 Å². The number of rotatable bonds is 5. The van der Waals surface area contributed by atoms with Crippen molar-refractivity contribution in [3.63, 3.8) is 0 Å². The molecule has 0 spiro atoms. The quantitative estimate of drug-likeness (QED) is 0.829. The molecule has 2 heterocycles. The van der Waals surface area contributed by atoms with E-state index in [4.69, 9.17) is 5.11 Å². The molecule has 0 radical (unpaired) electrons. The molecule has 1 unspecified atom stereocenters. The fourth-order valence-corrected chi connectivity index (χ4v) is 2.94. The molecule has 0 saturated carbocycles. The van der Waals surface area contributed by atoms with Gasteiger partial charge in [0.05, 0.1) is 0 Å². The average molecular weight is 370 g/mol. The number of benzene rings is 1. The van der Waals surface area contributed by atoms with E-state index < -0.39 is 17.9 Å². The first-order valence-electron chi connectivity index (χ1n) is 8.81. The first-order valence-corrected chi connectivity index (χ1v) is 8.81. The van der Waals surface area contributed by atoms with Crippen LogP contribution in [0.3, 0.4) is 0 Å². The van der Waals surface area contributed by atoms with Gasteiger partial charge in [0.25, 0.3) is 11.8 Å². The number of carboxylic acids is 1. The van der Waals surface area contributed by atoms with Gasteiger partial charge in [-0.3, -0.25) is 19.1 Å². The van der Waals surface area contributed by atoms with Crippen molar-refractivity contribution in [3.8, 4) is 0 Å². The van der Waals surface area contributed by atoms with Crippen LogP contribution in [-0.2, 0) is 17.9 Å². The van der Waals surface area contributed by atoms with Crippen LogP contribution in [0.4, 0.5) is 0 Å². The summed E-state index contributed by atoms with van der Waals surface area (Å²) >= 11 is 0. The predicted molar refractivity (Wildman–Crippen MR) is 97.3 cm³/mol. The third-order valence-electron chi connectivity index (χ3n) is 4.53.